The van der Waals surface area contributed by atoms with Crippen molar-refractivity contribution in [2.75, 3.05) is 0 Å². The highest BCUT2D eigenvalue weighted by atomic mass is 16.3. The zero-order valence-electron chi connectivity index (χ0n) is 10.1. The molecule has 2 N–H and O–H groups in total. The van der Waals surface area contributed by atoms with Gasteiger partial charge < -0.3 is 10.4 Å². The van der Waals surface area contributed by atoms with Gasteiger partial charge in [0.2, 0.25) is 0 Å². The van der Waals surface area contributed by atoms with Gasteiger partial charge in [-0.25, -0.2) is 0 Å². The molecule has 2 saturated carbocycles. The Morgan fingerprint density at radius 2 is 1.80 bits per heavy atom. The molecule has 2 aliphatic rings. The van der Waals surface area contributed by atoms with E-state index in [2.05, 4.69) is 19.2 Å². The predicted octanol–water partition coefficient (Wildman–Crippen LogP) is 2.31. The predicted molar refractivity (Wildman–Crippen MR) is 62.7 cm³/mol. The van der Waals surface area contributed by atoms with Crippen molar-refractivity contribution in [3.05, 3.63) is 0 Å². The second-order valence-corrected chi connectivity index (χ2v) is 5.77. The molecule has 2 fully saturated rings. The summed E-state index contributed by atoms with van der Waals surface area (Å²) in [7, 11) is 0. The van der Waals surface area contributed by atoms with Crippen molar-refractivity contribution < 1.29 is 5.11 Å². The molecular formula is C13H25NO. The molecule has 2 heteroatoms. The van der Waals surface area contributed by atoms with Crippen LogP contribution in [-0.2, 0) is 0 Å². The molecule has 0 amide bonds. The first-order valence-electron chi connectivity index (χ1n) is 6.61. The first-order valence-corrected chi connectivity index (χ1v) is 6.61. The molecule has 0 spiro atoms. The highest BCUT2D eigenvalue weighted by Gasteiger charge is 2.31. The van der Waals surface area contributed by atoms with Gasteiger partial charge in [-0.1, -0.05) is 13.8 Å². The van der Waals surface area contributed by atoms with Crippen LogP contribution in [0.2, 0.25) is 0 Å². The SMILES string of the molecule is CC1CCC(N[C@H]2CCC[C@@H]2O)C(C)C1. The third-order valence-corrected chi connectivity index (χ3v) is 4.34. The fraction of sp³-hybridized carbons (Fsp3) is 1.00. The van der Waals surface area contributed by atoms with Crippen molar-refractivity contribution in [1.82, 2.24) is 5.32 Å². The summed E-state index contributed by atoms with van der Waals surface area (Å²) in [5, 5.41) is 13.5. The lowest BCUT2D eigenvalue weighted by Gasteiger charge is -2.35. The molecule has 0 aromatic heterocycles. The van der Waals surface area contributed by atoms with Gasteiger partial charge >= 0.3 is 0 Å². The van der Waals surface area contributed by atoms with Gasteiger partial charge in [-0.05, 0) is 50.4 Å². The molecule has 5 atom stereocenters. The Morgan fingerprint density at radius 1 is 1.00 bits per heavy atom. The second-order valence-electron chi connectivity index (χ2n) is 5.77. The molecule has 2 aliphatic carbocycles. The van der Waals surface area contributed by atoms with Gasteiger partial charge in [0.1, 0.15) is 0 Å². The third-order valence-electron chi connectivity index (χ3n) is 4.34. The van der Waals surface area contributed by atoms with Gasteiger partial charge in [0.05, 0.1) is 6.10 Å². The average Bonchev–Trinajstić information content (AvgIpc) is 2.57. The Morgan fingerprint density at radius 3 is 2.40 bits per heavy atom. The van der Waals surface area contributed by atoms with Crippen molar-refractivity contribution in [1.29, 1.82) is 0 Å². The molecule has 2 rings (SSSR count). The highest BCUT2D eigenvalue weighted by molar-refractivity contribution is 4.89. The molecule has 15 heavy (non-hydrogen) atoms. The smallest absolute Gasteiger partial charge is 0.0693 e. The molecule has 0 aromatic rings. The Hall–Kier alpha value is -0.0800. The first kappa shape index (κ1) is 11.4. The summed E-state index contributed by atoms with van der Waals surface area (Å²) in [5.41, 5.74) is 0. The molecule has 0 bridgehead atoms. The highest BCUT2D eigenvalue weighted by Crippen LogP contribution is 2.30. The van der Waals surface area contributed by atoms with Crippen molar-refractivity contribution in [3.63, 3.8) is 0 Å². The molecule has 2 nitrogen and oxygen atoms in total. The van der Waals surface area contributed by atoms with Crippen LogP contribution < -0.4 is 5.32 Å². The van der Waals surface area contributed by atoms with Crippen LogP contribution in [0.15, 0.2) is 0 Å². The van der Waals surface area contributed by atoms with Crippen LogP contribution in [0.3, 0.4) is 0 Å². The molecule has 0 aromatic carbocycles. The maximum Gasteiger partial charge on any atom is 0.0693 e. The van der Waals surface area contributed by atoms with Crippen LogP contribution in [0, 0.1) is 11.8 Å². The standard InChI is InChI=1S/C13H25NO/c1-9-6-7-11(10(2)8-9)14-12-4-3-5-13(12)15/h9-15H,3-8H2,1-2H3/t9?,10?,11?,12-,13-/m0/s1. The quantitative estimate of drug-likeness (QED) is 0.734. The molecule has 0 saturated heterocycles. The van der Waals surface area contributed by atoms with E-state index < -0.39 is 0 Å². The molecule has 88 valence electrons. The van der Waals surface area contributed by atoms with E-state index in [1.165, 1.54) is 32.1 Å². The molecule has 0 heterocycles. The van der Waals surface area contributed by atoms with E-state index in [1.54, 1.807) is 0 Å². The molecule has 0 radical (unpaired) electrons. The second kappa shape index (κ2) is 4.84. The number of rotatable bonds is 2. The van der Waals surface area contributed by atoms with E-state index in [0.717, 1.165) is 18.3 Å². The largest absolute Gasteiger partial charge is 0.392 e. The van der Waals surface area contributed by atoms with Crippen LogP contribution in [0.4, 0.5) is 0 Å². The summed E-state index contributed by atoms with van der Waals surface area (Å²) in [4.78, 5) is 0. The summed E-state index contributed by atoms with van der Waals surface area (Å²) >= 11 is 0. The molecular weight excluding hydrogens is 186 g/mol. The fourth-order valence-corrected chi connectivity index (χ4v) is 3.32. The van der Waals surface area contributed by atoms with Crippen LogP contribution in [0.1, 0.15) is 52.4 Å². The van der Waals surface area contributed by atoms with Crippen LogP contribution >= 0.6 is 0 Å². The number of nitrogens with one attached hydrogen (secondary N) is 1. The fourth-order valence-electron chi connectivity index (χ4n) is 3.32. The summed E-state index contributed by atoms with van der Waals surface area (Å²) in [5.74, 6) is 1.67. The minimum Gasteiger partial charge on any atom is -0.392 e. The van der Waals surface area contributed by atoms with E-state index in [4.69, 9.17) is 0 Å². The number of hydrogen-bond acceptors (Lipinski definition) is 2. The van der Waals surface area contributed by atoms with E-state index in [1.807, 2.05) is 0 Å². The number of hydrogen-bond donors (Lipinski definition) is 2. The van der Waals surface area contributed by atoms with Crippen molar-refractivity contribution in [2.24, 2.45) is 11.8 Å². The Labute approximate surface area is 93.5 Å². The summed E-state index contributed by atoms with van der Waals surface area (Å²) in [6, 6.07) is 1.03. The lowest BCUT2D eigenvalue weighted by atomic mass is 9.79. The topological polar surface area (TPSA) is 32.3 Å². The van der Waals surface area contributed by atoms with Crippen LogP contribution in [0.25, 0.3) is 0 Å². The Balaban J connectivity index is 1.83. The number of aliphatic hydroxyl groups excluding tert-OH is 1. The van der Waals surface area contributed by atoms with Gasteiger partial charge in [-0.3, -0.25) is 0 Å². The third kappa shape index (κ3) is 2.73. The van der Waals surface area contributed by atoms with Gasteiger partial charge in [0, 0.05) is 12.1 Å². The Kier molecular flexibility index (Phi) is 3.68. The van der Waals surface area contributed by atoms with Crippen molar-refractivity contribution in [2.45, 2.75) is 70.6 Å². The summed E-state index contributed by atoms with van der Waals surface area (Å²) in [6.07, 6.45) is 7.26. The molecule has 3 unspecified atom stereocenters. The lowest BCUT2D eigenvalue weighted by molar-refractivity contribution is 0.124. The van der Waals surface area contributed by atoms with Crippen molar-refractivity contribution in [3.8, 4) is 0 Å². The minimum absolute atomic E-state index is 0.0865. The van der Waals surface area contributed by atoms with E-state index in [0.29, 0.717) is 12.1 Å². The summed E-state index contributed by atoms with van der Waals surface area (Å²) < 4.78 is 0. The maximum absolute atomic E-state index is 9.80. The minimum atomic E-state index is -0.0865. The van der Waals surface area contributed by atoms with E-state index >= 15 is 0 Å². The molecule has 0 aliphatic heterocycles. The zero-order chi connectivity index (χ0) is 10.8. The summed E-state index contributed by atoms with van der Waals surface area (Å²) in [6.45, 7) is 4.71. The van der Waals surface area contributed by atoms with Crippen molar-refractivity contribution >= 4 is 0 Å². The zero-order valence-corrected chi connectivity index (χ0v) is 10.1. The maximum atomic E-state index is 9.80. The van der Waals surface area contributed by atoms with Gasteiger partial charge in [0.15, 0.2) is 0 Å². The van der Waals surface area contributed by atoms with Gasteiger partial charge in [-0.2, -0.15) is 0 Å². The average molecular weight is 211 g/mol. The van der Waals surface area contributed by atoms with Crippen LogP contribution in [0.5, 0.6) is 0 Å². The van der Waals surface area contributed by atoms with E-state index in [9.17, 15) is 5.11 Å². The Bertz CT molecular complexity index is 207. The van der Waals surface area contributed by atoms with E-state index in [-0.39, 0.29) is 6.10 Å². The monoisotopic (exact) mass is 211 g/mol. The lowest BCUT2D eigenvalue weighted by Crippen LogP contribution is -2.47. The van der Waals surface area contributed by atoms with Gasteiger partial charge in [0.25, 0.3) is 0 Å². The van der Waals surface area contributed by atoms with Crippen LogP contribution in [-0.4, -0.2) is 23.3 Å². The number of aliphatic hydroxyl groups is 1. The normalized spacial score (nSPS) is 47.0. The van der Waals surface area contributed by atoms with Gasteiger partial charge in [-0.15, -0.1) is 0 Å². The first-order chi connectivity index (χ1) is 7.16.